The molecule has 4 heteroatoms. The smallest absolute Gasteiger partial charge is 0.0753 e. The Morgan fingerprint density at radius 3 is 1.46 bits per heavy atom. The van der Waals surface area contributed by atoms with Crippen molar-refractivity contribution in [2.75, 3.05) is 0 Å². The highest BCUT2D eigenvalue weighted by Crippen LogP contribution is 2.34. The molecule has 0 bridgehead atoms. The summed E-state index contributed by atoms with van der Waals surface area (Å²) in [5, 5.41) is 8.89. The minimum atomic E-state index is 1.10. The predicted molar refractivity (Wildman–Crippen MR) is 95.6 cm³/mol. The first-order valence-electron chi connectivity index (χ1n) is 7.95. The maximum absolute atomic E-state index is 4.44. The molecule has 0 N–H and O–H groups in total. The van der Waals surface area contributed by atoms with E-state index < -0.39 is 0 Å². The van der Waals surface area contributed by atoms with Crippen molar-refractivity contribution < 1.29 is 0 Å². The third kappa shape index (κ3) is 2.33. The van der Waals surface area contributed by atoms with Gasteiger partial charge in [-0.1, -0.05) is 36.4 Å². The van der Waals surface area contributed by atoms with Crippen LogP contribution in [0.5, 0.6) is 0 Å². The average molecular weight is 314 g/mol. The van der Waals surface area contributed by atoms with E-state index in [0.29, 0.717) is 0 Å². The molecule has 0 radical (unpaired) electrons. The highest BCUT2D eigenvalue weighted by molar-refractivity contribution is 5.81. The van der Waals surface area contributed by atoms with E-state index in [1.54, 1.807) is 12.4 Å². The van der Waals surface area contributed by atoms with Gasteiger partial charge in [0.1, 0.15) is 0 Å². The van der Waals surface area contributed by atoms with Crippen LogP contribution >= 0.6 is 0 Å². The maximum Gasteiger partial charge on any atom is 0.0753 e. The van der Waals surface area contributed by atoms with E-state index in [9.17, 15) is 0 Å². The molecule has 0 saturated heterocycles. The first kappa shape index (κ1) is 14.5. The molecule has 2 heterocycles. The Hall–Kier alpha value is -3.14. The predicted octanol–water partition coefficient (Wildman–Crippen LogP) is 4.34. The summed E-state index contributed by atoms with van der Waals surface area (Å²) in [5.74, 6) is 0. The average Bonchev–Trinajstić information content (AvgIpc) is 3.28. The van der Waals surface area contributed by atoms with Gasteiger partial charge in [-0.15, -0.1) is 0 Å². The van der Waals surface area contributed by atoms with E-state index in [4.69, 9.17) is 0 Å². The number of aromatic nitrogens is 4. The molecule has 4 rings (SSSR count). The SMILES string of the molecule is Cc1cccc(-c2cccc(C)c2-n2cccn2)c1-n1cccn1. The minimum absolute atomic E-state index is 1.10. The van der Waals surface area contributed by atoms with Crippen LogP contribution in [0, 0.1) is 13.8 Å². The summed E-state index contributed by atoms with van der Waals surface area (Å²) in [6.07, 6.45) is 7.58. The number of hydrogen-bond donors (Lipinski definition) is 0. The third-order valence-electron chi connectivity index (χ3n) is 4.23. The van der Waals surface area contributed by atoms with Crippen molar-refractivity contribution in [3.8, 4) is 22.5 Å². The molecule has 0 aliphatic rings. The number of rotatable bonds is 3. The molecule has 0 aliphatic carbocycles. The van der Waals surface area contributed by atoms with Gasteiger partial charge in [0.05, 0.1) is 11.4 Å². The molecule has 0 spiro atoms. The summed E-state index contributed by atoms with van der Waals surface area (Å²) >= 11 is 0. The molecule has 2 aromatic carbocycles. The van der Waals surface area contributed by atoms with Gasteiger partial charge in [0.25, 0.3) is 0 Å². The van der Waals surface area contributed by atoms with Crippen LogP contribution in [-0.2, 0) is 0 Å². The fourth-order valence-corrected chi connectivity index (χ4v) is 3.16. The van der Waals surface area contributed by atoms with Gasteiger partial charge in [0, 0.05) is 35.9 Å². The standard InChI is InChI=1S/C20H18N4/c1-15-7-3-9-17(19(15)23-13-5-11-21-23)18-10-4-8-16(2)20(18)24-14-6-12-22-24/h3-14H,1-2H3. The number of aryl methyl sites for hydroxylation is 2. The third-order valence-corrected chi connectivity index (χ3v) is 4.23. The first-order valence-corrected chi connectivity index (χ1v) is 7.95. The second-order valence-electron chi connectivity index (χ2n) is 5.84. The molecule has 0 amide bonds. The molecule has 0 unspecified atom stereocenters. The van der Waals surface area contributed by atoms with E-state index in [-0.39, 0.29) is 0 Å². The molecule has 0 saturated carbocycles. The van der Waals surface area contributed by atoms with Crippen molar-refractivity contribution >= 4 is 0 Å². The Labute approximate surface area is 141 Å². The highest BCUT2D eigenvalue weighted by Gasteiger charge is 2.16. The maximum atomic E-state index is 4.44. The van der Waals surface area contributed by atoms with Crippen molar-refractivity contribution in [2.24, 2.45) is 0 Å². The normalized spacial score (nSPS) is 10.9. The van der Waals surface area contributed by atoms with Crippen LogP contribution in [0.3, 0.4) is 0 Å². The van der Waals surface area contributed by atoms with Gasteiger partial charge in [-0.05, 0) is 37.1 Å². The summed E-state index contributed by atoms with van der Waals surface area (Å²) in [4.78, 5) is 0. The van der Waals surface area contributed by atoms with E-state index in [0.717, 1.165) is 22.5 Å². The zero-order valence-corrected chi connectivity index (χ0v) is 13.7. The van der Waals surface area contributed by atoms with Gasteiger partial charge >= 0.3 is 0 Å². The van der Waals surface area contributed by atoms with Gasteiger partial charge in [-0.25, -0.2) is 9.36 Å². The zero-order valence-electron chi connectivity index (χ0n) is 13.7. The van der Waals surface area contributed by atoms with E-state index in [2.05, 4.69) is 60.4 Å². The summed E-state index contributed by atoms with van der Waals surface area (Å²) in [6.45, 7) is 4.23. The van der Waals surface area contributed by atoms with Gasteiger partial charge in [0.15, 0.2) is 0 Å². The number of benzene rings is 2. The number of hydrogen-bond acceptors (Lipinski definition) is 2. The summed E-state index contributed by atoms with van der Waals surface area (Å²) < 4.78 is 3.86. The van der Waals surface area contributed by atoms with Crippen LogP contribution in [0.2, 0.25) is 0 Å². The molecule has 2 aromatic heterocycles. The van der Waals surface area contributed by atoms with Crippen LogP contribution in [0.4, 0.5) is 0 Å². The fourth-order valence-electron chi connectivity index (χ4n) is 3.16. The van der Waals surface area contributed by atoms with E-state index >= 15 is 0 Å². The molecule has 118 valence electrons. The minimum Gasteiger partial charge on any atom is -0.240 e. The van der Waals surface area contributed by atoms with Gasteiger partial charge in [-0.3, -0.25) is 0 Å². The number of para-hydroxylation sites is 2. The van der Waals surface area contributed by atoms with Crippen molar-refractivity contribution in [1.29, 1.82) is 0 Å². The van der Waals surface area contributed by atoms with Gasteiger partial charge in [0.2, 0.25) is 0 Å². The Kier molecular flexibility index (Phi) is 3.50. The van der Waals surface area contributed by atoms with Crippen molar-refractivity contribution in [1.82, 2.24) is 19.6 Å². The van der Waals surface area contributed by atoms with Crippen LogP contribution in [0.1, 0.15) is 11.1 Å². The molecular weight excluding hydrogens is 296 g/mol. The van der Waals surface area contributed by atoms with Crippen LogP contribution in [-0.4, -0.2) is 19.6 Å². The van der Waals surface area contributed by atoms with E-state index in [1.807, 2.05) is 33.9 Å². The molecule has 0 aliphatic heterocycles. The van der Waals surface area contributed by atoms with E-state index in [1.165, 1.54) is 11.1 Å². The molecule has 24 heavy (non-hydrogen) atoms. The quantitative estimate of drug-likeness (QED) is 0.564. The molecule has 4 nitrogen and oxygen atoms in total. The topological polar surface area (TPSA) is 35.6 Å². The lowest BCUT2D eigenvalue weighted by atomic mass is 9.97. The highest BCUT2D eigenvalue weighted by atomic mass is 15.3. The monoisotopic (exact) mass is 314 g/mol. The fraction of sp³-hybridized carbons (Fsp3) is 0.100. The second kappa shape index (κ2) is 5.81. The summed E-state index contributed by atoms with van der Waals surface area (Å²) in [6, 6.07) is 16.6. The van der Waals surface area contributed by atoms with Crippen LogP contribution in [0.15, 0.2) is 73.3 Å². The Morgan fingerprint density at radius 1 is 0.625 bits per heavy atom. The van der Waals surface area contributed by atoms with Crippen molar-refractivity contribution in [2.45, 2.75) is 13.8 Å². The Bertz CT molecular complexity index is 885. The Morgan fingerprint density at radius 2 is 1.08 bits per heavy atom. The lowest BCUT2D eigenvalue weighted by Crippen LogP contribution is -2.04. The zero-order chi connectivity index (χ0) is 16.5. The van der Waals surface area contributed by atoms with Crippen molar-refractivity contribution in [3.63, 3.8) is 0 Å². The largest absolute Gasteiger partial charge is 0.240 e. The molecule has 0 atom stereocenters. The second-order valence-corrected chi connectivity index (χ2v) is 5.84. The summed E-state index contributed by atoms with van der Waals surface area (Å²) in [5.41, 5.74) is 6.86. The van der Waals surface area contributed by atoms with Gasteiger partial charge in [-0.2, -0.15) is 10.2 Å². The lowest BCUT2D eigenvalue weighted by molar-refractivity contribution is 0.865. The lowest BCUT2D eigenvalue weighted by Gasteiger charge is -2.17. The molecule has 0 fully saturated rings. The summed E-state index contributed by atoms with van der Waals surface area (Å²) in [7, 11) is 0. The first-order chi connectivity index (χ1) is 11.8. The van der Waals surface area contributed by atoms with Crippen LogP contribution in [0.25, 0.3) is 22.5 Å². The van der Waals surface area contributed by atoms with Crippen molar-refractivity contribution in [3.05, 3.63) is 84.4 Å². The number of nitrogens with zero attached hydrogens (tertiary/aromatic N) is 4. The molecule has 4 aromatic rings. The Balaban J connectivity index is 2.03. The molecular formula is C20H18N4. The van der Waals surface area contributed by atoms with Crippen LogP contribution < -0.4 is 0 Å². The van der Waals surface area contributed by atoms with Gasteiger partial charge < -0.3 is 0 Å².